The maximum atomic E-state index is 11.1. The van der Waals surface area contributed by atoms with E-state index >= 15 is 0 Å². The van der Waals surface area contributed by atoms with Gasteiger partial charge in [0.25, 0.3) is 9.05 Å². The van der Waals surface area contributed by atoms with Crippen LogP contribution in [0.4, 0.5) is 0 Å². The van der Waals surface area contributed by atoms with Crippen LogP contribution in [0.5, 0.6) is 0 Å². The van der Waals surface area contributed by atoms with Gasteiger partial charge in [0.1, 0.15) is 5.01 Å². The number of carbonyl (C=O) groups excluding carboxylic acids is 1. The highest BCUT2D eigenvalue weighted by Gasteiger charge is 2.10. The van der Waals surface area contributed by atoms with E-state index in [2.05, 4.69) is 10.3 Å². The van der Waals surface area contributed by atoms with Crippen molar-refractivity contribution >= 4 is 37.0 Å². The number of hydrogen-bond acceptors (Lipinski definition) is 5. The molecule has 0 aliphatic heterocycles. The molecule has 1 aromatic heterocycles. The highest BCUT2D eigenvalue weighted by molar-refractivity contribution is 8.13. The summed E-state index contributed by atoms with van der Waals surface area (Å²) >= 11 is 1.43. The molecule has 0 saturated heterocycles. The van der Waals surface area contributed by atoms with Gasteiger partial charge in [-0.05, 0) is 17.7 Å². The predicted molar refractivity (Wildman–Crippen MR) is 78.1 cm³/mol. The first-order valence-corrected chi connectivity index (χ1v) is 8.73. The molecule has 0 aliphatic carbocycles. The zero-order chi connectivity index (χ0) is 14.8. The van der Waals surface area contributed by atoms with Gasteiger partial charge in [0, 0.05) is 23.8 Å². The second-order valence-electron chi connectivity index (χ2n) is 3.99. The molecule has 8 heteroatoms. The van der Waals surface area contributed by atoms with Crippen LogP contribution in [0.15, 0.2) is 35.4 Å². The van der Waals surface area contributed by atoms with Gasteiger partial charge in [-0.2, -0.15) is 0 Å². The minimum absolute atomic E-state index is 0.0610. The van der Waals surface area contributed by atoms with E-state index in [-0.39, 0.29) is 10.8 Å². The van der Waals surface area contributed by atoms with E-state index in [4.69, 9.17) is 10.7 Å². The van der Waals surface area contributed by atoms with Crippen LogP contribution in [0.1, 0.15) is 11.9 Å². The average Bonchev–Trinajstić information content (AvgIpc) is 2.84. The SMILES string of the molecule is CC(=O)NCc1ncc(-c2ccc(S(=O)(=O)Cl)cc2)s1. The maximum absolute atomic E-state index is 11.1. The molecule has 1 amide bonds. The summed E-state index contributed by atoms with van der Waals surface area (Å²) in [5.41, 5.74) is 0.848. The summed E-state index contributed by atoms with van der Waals surface area (Å²) in [5.74, 6) is -0.113. The van der Waals surface area contributed by atoms with Crippen LogP contribution in [0.2, 0.25) is 0 Å². The van der Waals surface area contributed by atoms with Crippen LogP contribution in [0.3, 0.4) is 0 Å². The summed E-state index contributed by atoms with van der Waals surface area (Å²) in [4.78, 5) is 16.0. The summed E-state index contributed by atoms with van der Waals surface area (Å²) in [6.07, 6.45) is 1.69. The Morgan fingerprint density at radius 2 is 2.00 bits per heavy atom. The van der Waals surface area contributed by atoms with E-state index in [1.165, 1.54) is 30.4 Å². The third-order valence-corrected chi connectivity index (χ3v) is 4.88. The molecule has 0 atom stereocenters. The van der Waals surface area contributed by atoms with E-state index < -0.39 is 9.05 Å². The molecule has 5 nitrogen and oxygen atoms in total. The Hall–Kier alpha value is -1.44. The Morgan fingerprint density at radius 1 is 1.35 bits per heavy atom. The van der Waals surface area contributed by atoms with E-state index in [0.29, 0.717) is 6.54 Å². The van der Waals surface area contributed by atoms with Gasteiger partial charge in [-0.15, -0.1) is 11.3 Å². The van der Waals surface area contributed by atoms with Gasteiger partial charge in [0.05, 0.1) is 16.3 Å². The third-order valence-electron chi connectivity index (χ3n) is 2.46. The van der Waals surface area contributed by atoms with Gasteiger partial charge >= 0.3 is 0 Å². The van der Waals surface area contributed by atoms with Crippen LogP contribution < -0.4 is 5.32 Å². The van der Waals surface area contributed by atoms with Crippen LogP contribution in [0, 0.1) is 0 Å². The van der Waals surface area contributed by atoms with Crippen molar-refractivity contribution in [3.8, 4) is 10.4 Å². The van der Waals surface area contributed by atoms with E-state index in [0.717, 1.165) is 15.4 Å². The second-order valence-corrected chi connectivity index (χ2v) is 7.67. The maximum Gasteiger partial charge on any atom is 0.261 e. The zero-order valence-corrected chi connectivity index (χ0v) is 12.8. The van der Waals surface area contributed by atoms with Gasteiger partial charge < -0.3 is 5.32 Å². The van der Waals surface area contributed by atoms with Crippen LogP contribution >= 0.6 is 22.0 Å². The molecule has 0 fully saturated rings. The molecule has 0 radical (unpaired) electrons. The van der Waals surface area contributed by atoms with Crippen molar-refractivity contribution in [3.63, 3.8) is 0 Å². The number of halogens is 1. The molecule has 2 aromatic rings. The summed E-state index contributed by atoms with van der Waals surface area (Å²) in [6, 6.07) is 6.24. The molecule has 1 N–H and O–H groups in total. The Morgan fingerprint density at radius 3 is 2.55 bits per heavy atom. The molecule has 0 unspecified atom stereocenters. The number of aromatic nitrogens is 1. The van der Waals surface area contributed by atoms with Crippen molar-refractivity contribution < 1.29 is 13.2 Å². The molecule has 0 saturated carbocycles. The largest absolute Gasteiger partial charge is 0.350 e. The Bertz CT molecular complexity index is 723. The van der Waals surface area contributed by atoms with Gasteiger partial charge in [0.2, 0.25) is 5.91 Å². The van der Waals surface area contributed by atoms with Crippen molar-refractivity contribution in [2.45, 2.75) is 18.4 Å². The number of nitrogens with zero attached hydrogens (tertiary/aromatic N) is 1. The average molecular weight is 331 g/mol. The molecular weight excluding hydrogens is 320 g/mol. The van der Waals surface area contributed by atoms with Crippen LogP contribution in [0.25, 0.3) is 10.4 Å². The van der Waals surface area contributed by atoms with Crippen LogP contribution in [-0.2, 0) is 20.4 Å². The lowest BCUT2D eigenvalue weighted by Crippen LogP contribution is -2.18. The molecule has 0 aliphatic rings. The molecule has 106 valence electrons. The fourth-order valence-electron chi connectivity index (χ4n) is 1.51. The second kappa shape index (κ2) is 5.90. The fourth-order valence-corrected chi connectivity index (χ4v) is 3.14. The smallest absolute Gasteiger partial charge is 0.261 e. The van der Waals surface area contributed by atoms with Crippen molar-refractivity contribution in [1.82, 2.24) is 10.3 Å². The number of carbonyl (C=O) groups is 1. The quantitative estimate of drug-likeness (QED) is 0.873. The number of amides is 1. The summed E-state index contributed by atoms with van der Waals surface area (Å²) in [6.45, 7) is 1.83. The first kappa shape index (κ1) is 15.0. The standard InChI is InChI=1S/C12H11ClN2O3S2/c1-8(16)14-7-12-15-6-11(19-12)9-2-4-10(5-3-9)20(13,17)18/h2-6H,7H2,1H3,(H,14,16). The molecule has 20 heavy (non-hydrogen) atoms. The first-order chi connectivity index (χ1) is 9.36. The summed E-state index contributed by atoms with van der Waals surface area (Å²) in [5, 5.41) is 3.45. The number of rotatable bonds is 4. The van der Waals surface area contributed by atoms with Gasteiger partial charge in [0.15, 0.2) is 0 Å². The van der Waals surface area contributed by atoms with E-state index in [9.17, 15) is 13.2 Å². The van der Waals surface area contributed by atoms with Gasteiger partial charge in [-0.1, -0.05) is 12.1 Å². The Labute approximate surface area is 125 Å². The summed E-state index contributed by atoms with van der Waals surface area (Å²) in [7, 11) is 1.55. The lowest BCUT2D eigenvalue weighted by Gasteiger charge is -1.99. The minimum atomic E-state index is -3.70. The van der Waals surface area contributed by atoms with Crippen molar-refractivity contribution in [1.29, 1.82) is 0 Å². The molecule has 2 rings (SSSR count). The third kappa shape index (κ3) is 3.78. The number of benzene rings is 1. The lowest BCUT2D eigenvalue weighted by molar-refractivity contribution is -0.119. The van der Waals surface area contributed by atoms with Gasteiger partial charge in [-0.3, -0.25) is 4.79 Å². The topological polar surface area (TPSA) is 76.1 Å². The highest BCUT2D eigenvalue weighted by Crippen LogP contribution is 2.27. The lowest BCUT2D eigenvalue weighted by atomic mass is 10.2. The van der Waals surface area contributed by atoms with E-state index in [1.54, 1.807) is 18.3 Å². The number of hydrogen-bond donors (Lipinski definition) is 1. The number of thiazole rings is 1. The predicted octanol–water partition coefficient (Wildman–Crippen LogP) is 2.37. The van der Waals surface area contributed by atoms with Gasteiger partial charge in [-0.25, -0.2) is 13.4 Å². The molecule has 0 bridgehead atoms. The monoisotopic (exact) mass is 330 g/mol. The summed E-state index contributed by atoms with van der Waals surface area (Å²) < 4.78 is 22.3. The van der Waals surface area contributed by atoms with Crippen LogP contribution in [-0.4, -0.2) is 19.3 Å². The Balaban J connectivity index is 2.18. The van der Waals surface area contributed by atoms with Crippen molar-refractivity contribution in [2.75, 3.05) is 0 Å². The molecule has 1 aromatic carbocycles. The first-order valence-electron chi connectivity index (χ1n) is 5.60. The fraction of sp³-hybridized carbons (Fsp3) is 0.167. The Kier molecular flexibility index (Phi) is 4.42. The number of nitrogens with one attached hydrogen (secondary N) is 1. The van der Waals surface area contributed by atoms with Crippen molar-refractivity contribution in [3.05, 3.63) is 35.5 Å². The molecular formula is C12H11ClN2O3S2. The van der Waals surface area contributed by atoms with Crippen molar-refractivity contribution in [2.24, 2.45) is 0 Å². The normalized spacial score (nSPS) is 11.3. The zero-order valence-electron chi connectivity index (χ0n) is 10.5. The molecule has 1 heterocycles. The highest BCUT2D eigenvalue weighted by atomic mass is 35.7. The minimum Gasteiger partial charge on any atom is -0.350 e. The molecule has 0 spiro atoms. The van der Waals surface area contributed by atoms with E-state index in [1.807, 2.05) is 0 Å².